The van der Waals surface area contributed by atoms with Gasteiger partial charge in [0, 0.05) is 25.1 Å². The number of hydrogen-bond acceptors (Lipinski definition) is 6. The van der Waals surface area contributed by atoms with Gasteiger partial charge in [-0.25, -0.2) is 4.79 Å². The summed E-state index contributed by atoms with van der Waals surface area (Å²) in [4.78, 5) is 28.0. The first-order valence-corrected chi connectivity index (χ1v) is 8.50. The quantitative estimate of drug-likeness (QED) is 0.709. The Labute approximate surface area is 161 Å². The summed E-state index contributed by atoms with van der Waals surface area (Å²) in [6.07, 6.45) is 1.59. The fraction of sp³-hybridized carbons (Fsp3) is 0.143. The van der Waals surface area contributed by atoms with E-state index in [9.17, 15) is 14.7 Å². The van der Waals surface area contributed by atoms with Crippen LogP contribution < -0.4 is 5.49 Å². The van der Waals surface area contributed by atoms with Crippen molar-refractivity contribution in [1.82, 2.24) is 9.78 Å². The Kier molecular flexibility index (Phi) is 5.35. The van der Waals surface area contributed by atoms with Crippen LogP contribution in [0.3, 0.4) is 0 Å². The first-order chi connectivity index (χ1) is 13.5. The van der Waals surface area contributed by atoms with Crippen molar-refractivity contribution < 1.29 is 19.4 Å². The zero-order valence-corrected chi connectivity index (χ0v) is 15.7. The van der Waals surface area contributed by atoms with Crippen molar-refractivity contribution in [1.29, 1.82) is 0 Å². The van der Waals surface area contributed by atoms with Crippen molar-refractivity contribution in [3.05, 3.63) is 65.8 Å². The lowest BCUT2D eigenvalue weighted by molar-refractivity contribution is 0.0600. The number of phenols is 1. The Hall–Kier alpha value is -3.74. The van der Waals surface area contributed by atoms with Gasteiger partial charge >= 0.3 is 5.97 Å². The topological polar surface area (TPSA) is 93.8 Å². The molecule has 0 amide bonds. The highest BCUT2D eigenvalue weighted by atomic mass is 16.5. The lowest BCUT2D eigenvalue weighted by atomic mass is 9.96. The van der Waals surface area contributed by atoms with Crippen LogP contribution in [0.15, 0.2) is 59.7 Å². The summed E-state index contributed by atoms with van der Waals surface area (Å²) in [5.74, 6) is -0.556. The van der Waals surface area contributed by atoms with Crippen molar-refractivity contribution in [2.45, 2.75) is 6.92 Å². The van der Waals surface area contributed by atoms with Crippen LogP contribution in [0.25, 0.3) is 22.3 Å². The van der Waals surface area contributed by atoms with E-state index < -0.39 is 5.97 Å². The number of phenolic OH excluding ortho intramolecular Hbond substituents is 1. The van der Waals surface area contributed by atoms with Crippen LogP contribution in [0.4, 0.5) is 0 Å². The van der Waals surface area contributed by atoms with Gasteiger partial charge in [-0.1, -0.05) is 24.3 Å². The van der Waals surface area contributed by atoms with Crippen LogP contribution in [-0.2, 0) is 4.74 Å². The molecule has 1 aromatic heterocycles. The lowest BCUT2D eigenvalue weighted by Gasteiger charge is -2.14. The van der Waals surface area contributed by atoms with E-state index in [1.54, 1.807) is 61.8 Å². The van der Waals surface area contributed by atoms with Crippen LogP contribution >= 0.6 is 0 Å². The highest BCUT2D eigenvalue weighted by Gasteiger charge is 2.16. The van der Waals surface area contributed by atoms with E-state index in [2.05, 4.69) is 10.1 Å². The molecule has 7 nitrogen and oxygen atoms in total. The fourth-order valence-electron chi connectivity index (χ4n) is 2.93. The Morgan fingerprint density at radius 1 is 1.04 bits per heavy atom. The summed E-state index contributed by atoms with van der Waals surface area (Å²) < 4.78 is 5.96. The molecule has 0 aliphatic carbocycles. The molecule has 0 saturated heterocycles. The summed E-state index contributed by atoms with van der Waals surface area (Å²) in [7, 11) is 2.92. The van der Waals surface area contributed by atoms with Gasteiger partial charge in [-0.15, -0.1) is 0 Å². The summed E-state index contributed by atoms with van der Waals surface area (Å²) in [6, 6.07) is 13.5. The average Bonchev–Trinajstić information content (AvgIpc) is 2.72. The second-order valence-electron chi connectivity index (χ2n) is 6.03. The molecule has 0 unspecified atom stereocenters. The maximum Gasteiger partial charge on any atom is 0.337 e. The number of carbonyl (C=O) groups is 2. The highest BCUT2D eigenvalue weighted by molar-refractivity contribution is 5.91. The minimum Gasteiger partial charge on any atom is -0.508 e. The minimum atomic E-state index is -0.421. The highest BCUT2D eigenvalue weighted by Crippen LogP contribution is 2.30. The van der Waals surface area contributed by atoms with E-state index in [0.29, 0.717) is 16.6 Å². The molecule has 3 aromatic rings. The molecule has 1 N–H and O–H groups in total. The van der Waals surface area contributed by atoms with Gasteiger partial charge in [0.25, 0.3) is 0 Å². The van der Waals surface area contributed by atoms with Crippen molar-refractivity contribution in [3.63, 3.8) is 0 Å². The SMILES string of the molecule is CN=c1c(-c2ccc(O)cc2)c(-c2ccc(C(=O)OC)cc2)cnn1C(C)=O. The molecule has 1 heterocycles. The molecular weight excluding hydrogens is 358 g/mol. The number of aromatic nitrogens is 2. The minimum absolute atomic E-state index is 0.135. The molecule has 0 spiro atoms. The third kappa shape index (κ3) is 3.55. The second kappa shape index (κ2) is 7.87. The molecule has 0 aliphatic heterocycles. The van der Waals surface area contributed by atoms with E-state index in [1.165, 1.54) is 18.7 Å². The molecule has 142 valence electrons. The molecule has 0 atom stereocenters. The standard InChI is InChI=1S/C21H19N3O4/c1-13(25)24-20(22-2)19(15-8-10-17(26)11-9-15)18(12-23-24)14-4-6-16(7-5-14)21(27)28-3/h4-12,26H,1-3H3. The third-order valence-electron chi connectivity index (χ3n) is 4.28. The average molecular weight is 377 g/mol. The van der Waals surface area contributed by atoms with Gasteiger partial charge in [-0.2, -0.15) is 9.78 Å². The van der Waals surface area contributed by atoms with Crippen LogP contribution in [0.1, 0.15) is 22.1 Å². The molecule has 0 saturated carbocycles. The maximum absolute atomic E-state index is 12.0. The van der Waals surface area contributed by atoms with E-state index >= 15 is 0 Å². The molecule has 2 aromatic carbocycles. The molecule has 0 fully saturated rings. The van der Waals surface area contributed by atoms with Gasteiger partial charge in [-0.05, 0) is 35.4 Å². The zero-order chi connectivity index (χ0) is 20.3. The second-order valence-corrected chi connectivity index (χ2v) is 6.03. The van der Waals surface area contributed by atoms with Gasteiger partial charge < -0.3 is 9.84 Å². The van der Waals surface area contributed by atoms with Gasteiger partial charge in [0.2, 0.25) is 5.91 Å². The monoisotopic (exact) mass is 377 g/mol. The molecule has 0 aliphatic rings. The van der Waals surface area contributed by atoms with Crippen molar-refractivity contribution in [3.8, 4) is 28.0 Å². The Bertz CT molecular complexity index is 1100. The lowest BCUT2D eigenvalue weighted by Crippen LogP contribution is -2.30. The van der Waals surface area contributed by atoms with E-state index in [1.807, 2.05) is 0 Å². The summed E-state index contributed by atoms with van der Waals surface area (Å²) in [5, 5.41) is 13.9. The first-order valence-electron chi connectivity index (χ1n) is 8.50. The first kappa shape index (κ1) is 19.0. The normalized spacial score (nSPS) is 11.3. The molecule has 0 bridgehead atoms. The molecular formula is C21H19N3O4. The number of esters is 1. The number of aromatic hydroxyl groups is 1. The molecule has 3 rings (SSSR count). The van der Waals surface area contributed by atoms with Crippen molar-refractivity contribution in [2.24, 2.45) is 4.99 Å². The largest absolute Gasteiger partial charge is 0.508 e. The summed E-state index contributed by atoms with van der Waals surface area (Å²) >= 11 is 0. The Morgan fingerprint density at radius 3 is 2.18 bits per heavy atom. The third-order valence-corrected chi connectivity index (χ3v) is 4.28. The van der Waals surface area contributed by atoms with Crippen LogP contribution in [0, 0.1) is 0 Å². The van der Waals surface area contributed by atoms with Crippen molar-refractivity contribution >= 4 is 11.9 Å². The number of rotatable bonds is 3. The summed E-state index contributed by atoms with van der Waals surface area (Å²) in [5.41, 5.74) is 3.82. The maximum atomic E-state index is 12.0. The van der Waals surface area contributed by atoms with E-state index in [4.69, 9.17) is 4.74 Å². The Balaban J connectivity index is 2.28. The molecule has 28 heavy (non-hydrogen) atoms. The van der Waals surface area contributed by atoms with E-state index in [-0.39, 0.29) is 11.7 Å². The van der Waals surface area contributed by atoms with Gasteiger partial charge in [0.05, 0.1) is 18.9 Å². The van der Waals surface area contributed by atoms with Gasteiger partial charge in [0.1, 0.15) is 5.75 Å². The molecule has 7 heteroatoms. The Morgan fingerprint density at radius 2 is 1.64 bits per heavy atom. The van der Waals surface area contributed by atoms with Crippen LogP contribution in [0.5, 0.6) is 5.75 Å². The fourth-order valence-corrected chi connectivity index (χ4v) is 2.93. The molecule has 0 radical (unpaired) electrons. The predicted octanol–water partition coefficient (Wildman–Crippen LogP) is 2.90. The van der Waals surface area contributed by atoms with Gasteiger partial charge in [-0.3, -0.25) is 9.79 Å². The predicted molar refractivity (Wildman–Crippen MR) is 104 cm³/mol. The smallest absolute Gasteiger partial charge is 0.337 e. The summed E-state index contributed by atoms with van der Waals surface area (Å²) in [6.45, 7) is 1.41. The number of hydrogen-bond donors (Lipinski definition) is 1. The van der Waals surface area contributed by atoms with E-state index in [0.717, 1.165) is 16.7 Å². The van der Waals surface area contributed by atoms with Crippen molar-refractivity contribution in [2.75, 3.05) is 14.2 Å². The number of carbonyl (C=O) groups excluding carboxylic acids is 2. The van der Waals surface area contributed by atoms with Crippen LogP contribution in [-0.4, -0.2) is 40.9 Å². The van der Waals surface area contributed by atoms with Crippen LogP contribution in [0.2, 0.25) is 0 Å². The number of methoxy groups -OCH3 is 1. The number of benzene rings is 2. The number of nitrogens with zero attached hydrogens (tertiary/aromatic N) is 3. The van der Waals surface area contributed by atoms with Gasteiger partial charge in [0.15, 0.2) is 5.49 Å². The zero-order valence-electron chi connectivity index (χ0n) is 15.7. The number of ether oxygens (including phenoxy) is 1.